The van der Waals surface area contributed by atoms with Crippen LogP contribution in [-0.2, 0) is 16.0 Å². The van der Waals surface area contributed by atoms with Crippen molar-refractivity contribution in [2.75, 3.05) is 34.0 Å². The third-order valence-corrected chi connectivity index (χ3v) is 9.53. The summed E-state index contributed by atoms with van der Waals surface area (Å²) in [5, 5.41) is 0. The van der Waals surface area contributed by atoms with Crippen LogP contribution in [0.25, 0.3) is 0 Å². The first-order valence-corrected chi connectivity index (χ1v) is 14.4. The van der Waals surface area contributed by atoms with Gasteiger partial charge in [0, 0.05) is 6.54 Å². The molecule has 39 heavy (non-hydrogen) atoms. The van der Waals surface area contributed by atoms with E-state index in [0.717, 1.165) is 36.8 Å². The van der Waals surface area contributed by atoms with Crippen molar-refractivity contribution in [3.05, 3.63) is 53.1 Å². The number of methoxy groups -OCH3 is 2. The maximum atomic E-state index is 14.5. The highest BCUT2D eigenvalue weighted by molar-refractivity contribution is 5.89. The van der Waals surface area contributed by atoms with E-state index < -0.39 is 0 Å². The molecule has 7 heteroatoms. The standard InChI is InChI=1S/C32H39NO6/c1-4-38-30(34)23-5-7-25(8-6-23)39-19-27-26-15-29(37-3)28(36-2)14-24(26)9-10-33(27)31(35)32-16-20-11-21(17-32)13-22(12-20)18-32/h5-8,14-15,20-22,27H,4,9-13,16-19H2,1-3H3/t20?,21?,22?,27-,32?/m1/s1. The Morgan fingerprint density at radius 2 is 1.54 bits per heavy atom. The maximum absolute atomic E-state index is 14.5. The van der Waals surface area contributed by atoms with Crippen molar-refractivity contribution >= 4 is 11.9 Å². The molecule has 208 valence electrons. The summed E-state index contributed by atoms with van der Waals surface area (Å²) in [6, 6.07) is 10.8. The molecule has 1 aliphatic heterocycles. The van der Waals surface area contributed by atoms with E-state index in [1.807, 2.05) is 12.1 Å². The molecule has 1 heterocycles. The van der Waals surface area contributed by atoms with E-state index in [4.69, 9.17) is 18.9 Å². The van der Waals surface area contributed by atoms with Crippen LogP contribution in [0.2, 0.25) is 0 Å². The Morgan fingerprint density at radius 3 is 2.13 bits per heavy atom. The molecule has 4 fully saturated rings. The summed E-state index contributed by atoms with van der Waals surface area (Å²) in [5.74, 6) is 4.08. The monoisotopic (exact) mass is 533 g/mol. The van der Waals surface area contributed by atoms with Crippen molar-refractivity contribution in [2.45, 2.75) is 57.9 Å². The molecule has 7 rings (SSSR count). The van der Waals surface area contributed by atoms with Crippen LogP contribution in [-0.4, -0.2) is 50.8 Å². The maximum Gasteiger partial charge on any atom is 0.338 e. The summed E-state index contributed by atoms with van der Waals surface area (Å²) in [5.41, 5.74) is 2.48. The van der Waals surface area contributed by atoms with E-state index in [2.05, 4.69) is 4.90 Å². The zero-order valence-electron chi connectivity index (χ0n) is 23.2. The van der Waals surface area contributed by atoms with E-state index >= 15 is 0 Å². The summed E-state index contributed by atoms with van der Waals surface area (Å²) in [4.78, 5) is 28.7. The number of ether oxygens (including phenoxy) is 4. The van der Waals surface area contributed by atoms with Gasteiger partial charge in [0.2, 0.25) is 5.91 Å². The predicted octanol–water partition coefficient (Wildman–Crippen LogP) is 5.60. The lowest BCUT2D eigenvalue weighted by Crippen LogP contribution is -2.56. The molecule has 2 aromatic rings. The number of fused-ring (bicyclic) bond motifs is 1. The Morgan fingerprint density at radius 1 is 0.923 bits per heavy atom. The van der Waals surface area contributed by atoms with Gasteiger partial charge >= 0.3 is 5.97 Å². The van der Waals surface area contributed by atoms with Crippen LogP contribution in [0.5, 0.6) is 17.2 Å². The number of hydrogen-bond donors (Lipinski definition) is 0. The highest BCUT2D eigenvalue weighted by atomic mass is 16.5. The minimum atomic E-state index is -0.348. The van der Waals surface area contributed by atoms with Gasteiger partial charge in [0.1, 0.15) is 12.4 Å². The minimum Gasteiger partial charge on any atom is -0.493 e. The first-order valence-electron chi connectivity index (χ1n) is 14.4. The molecule has 0 N–H and O–H groups in total. The van der Waals surface area contributed by atoms with Crippen LogP contribution in [0.4, 0.5) is 0 Å². The summed E-state index contributed by atoms with van der Waals surface area (Å²) in [6.07, 6.45) is 7.81. The zero-order valence-corrected chi connectivity index (χ0v) is 23.2. The fraction of sp³-hybridized carbons (Fsp3) is 0.562. The van der Waals surface area contributed by atoms with Crippen LogP contribution < -0.4 is 14.2 Å². The largest absolute Gasteiger partial charge is 0.493 e. The smallest absolute Gasteiger partial charge is 0.338 e. The number of hydrogen-bond acceptors (Lipinski definition) is 6. The van der Waals surface area contributed by atoms with Crippen molar-refractivity contribution in [2.24, 2.45) is 23.2 Å². The number of carbonyl (C=O) groups excluding carboxylic acids is 2. The highest BCUT2D eigenvalue weighted by Gasteiger charge is 2.56. The lowest BCUT2D eigenvalue weighted by molar-refractivity contribution is -0.161. The van der Waals surface area contributed by atoms with Gasteiger partial charge in [-0.1, -0.05) is 0 Å². The van der Waals surface area contributed by atoms with Crippen LogP contribution in [0, 0.1) is 23.2 Å². The number of esters is 1. The quantitative estimate of drug-likeness (QED) is 0.411. The first kappa shape index (κ1) is 26.0. The second kappa shape index (κ2) is 10.4. The van der Waals surface area contributed by atoms with Crippen LogP contribution in [0.3, 0.4) is 0 Å². The average molecular weight is 534 g/mol. The molecule has 4 aliphatic carbocycles. The van der Waals surface area contributed by atoms with Crippen LogP contribution in [0.1, 0.15) is 73.0 Å². The molecule has 0 radical (unpaired) electrons. The lowest BCUT2D eigenvalue weighted by Gasteiger charge is -2.57. The second-order valence-corrected chi connectivity index (χ2v) is 11.9. The molecule has 4 saturated carbocycles. The average Bonchev–Trinajstić information content (AvgIpc) is 2.94. The minimum absolute atomic E-state index is 0.220. The van der Waals surface area contributed by atoms with Crippen molar-refractivity contribution < 1.29 is 28.5 Å². The van der Waals surface area contributed by atoms with Gasteiger partial charge < -0.3 is 23.8 Å². The normalized spacial score (nSPS) is 28.5. The number of nitrogens with zero attached hydrogens (tertiary/aromatic N) is 1. The number of rotatable bonds is 8. The highest BCUT2D eigenvalue weighted by Crippen LogP contribution is 2.61. The van der Waals surface area contributed by atoms with Gasteiger partial charge in [-0.25, -0.2) is 4.79 Å². The molecule has 1 atom stereocenters. The van der Waals surface area contributed by atoms with Crippen LogP contribution >= 0.6 is 0 Å². The van der Waals surface area contributed by atoms with Crippen molar-refractivity contribution in [1.29, 1.82) is 0 Å². The fourth-order valence-electron chi connectivity index (χ4n) is 8.21. The second-order valence-electron chi connectivity index (χ2n) is 11.9. The Hall–Kier alpha value is -3.22. The van der Waals surface area contributed by atoms with Gasteiger partial charge in [-0.3, -0.25) is 4.79 Å². The molecule has 0 spiro atoms. The Bertz CT molecular complexity index is 1200. The van der Waals surface area contributed by atoms with Crippen molar-refractivity contribution in [1.82, 2.24) is 4.90 Å². The molecule has 2 aromatic carbocycles. The van der Waals surface area contributed by atoms with Gasteiger partial charge in [0.05, 0.1) is 37.8 Å². The zero-order chi connectivity index (χ0) is 27.1. The number of amides is 1. The van der Waals surface area contributed by atoms with Gasteiger partial charge in [-0.15, -0.1) is 0 Å². The summed E-state index contributed by atoms with van der Waals surface area (Å²) >= 11 is 0. The Balaban J connectivity index is 1.29. The van der Waals surface area contributed by atoms with Crippen molar-refractivity contribution in [3.8, 4) is 17.2 Å². The summed E-state index contributed by atoms with van der Waals surface area (Å²) in [6.45, 7) is 3.11. The molecule has 4 bridgehead atoms. The number of benzene rings is 2. The van der Waals surface area contributed by atoms with Crippen molar-refractivity contribution in [3.63, 3.8) is 0 Å². The third kappa shape index (κ3) is 4.74. The molecule has 5 aliphatic rings. The van der Waals surface area contributed by atoms with Gasteiger partial charge in [0.15, 0.2) is 11.5 Å². The predicted molar refractivity (Wildman–Crippen MR) is 146 cm³/mol. The van der Waals surface area contributed by atoms with Gasteiger partial charge in [-0.05, 0) is 117 Å². The van der Waals surface area contributed by atoms with E-state index in [1.54, 1.807) is 45.4 Å². The Kier molecular flexibility index (Phi) is 6.94. The topological polar surface area (TPSA) is 74.3 Å². The summed E-state index contributed by atoms with van der Waals surface area (Å²) < 4.78 is 22.6. The molecule has 0 saturated heterocycles. The van der Waals surface area contributed by atoms with E-state index in [0.29, 0.717) is 66.2 Å². The molecular weight excluding hydrogens is 494 g/mol. The molecule has 7 nitrogen and oxygen atoms in total. The van der Waals surface area contributed by atoms with Gasteiger partial charge in [-0.2, -0.15) is 0 Å². The Labute approximate surface area is 230 Å². The lowest BCUT2D eigenvalue weighted by atomic mass is 9.49. The SMILES string of the molecule is CCOC(=O)c1ccc(OC[C@@H]2c3cc(OC)c(OC)cc3CCN2C(=O)C23CC4CC(CC(C4)C2)C3)cc1. The molecule has 1 amide bonds. The molecule has 0 aromatic heterocycles. The molecular formula is C32H39NO6. The molecule has 0 unspecified atom stereocenters. The van der Waals surface area contributed by atoms with E-state index in [1.165, 1.54) is 19.3 Å². The fourth-order valence-corrected chi connectivity index (χ4v) is 8.21. The summed E-state index contributed by atoms with van der Waals surface area (Å²) in [7, 11) is 3.29. The number of carbonyl (C=O) groups is 2. The first-order chi connectivity index (χ1) is 18.9. The van der Waals surface area contributed by atoms with E-state index in [9.17, 15) is 9.59 Å². The van der Waals surface area contributed by atoms with E-state index in [-0.39, 0.29) is 17.4 Å². The van der Waals surface area contributed by atoms with Crippen LogP contribution in [0.15, 0.2) is 36.4 Å². The van der Waals surface area contributed by atoms with Gasteiger partial charge in [0.25, 0.3) is 0 Å². The third-order valence-electron chi connectivity index (χ3n) is 9.53.